The predicted octanol–water partition coefficient (Wildman–Crippen LogP) is 1.78. The topological polar surface area (TPSA) is 54.4 Å². The van der Waals surface area contributed by atoms with E-state index in [0.717, 1.165) is 4.47 Å². The van der Waals surface area contributed by atoms with Gasteiger partial charge in [0.1, 0.15) is 5.75 Å². The van der Waals surface area contributed by atoms with E-state index in [0.29, 0.717) is 5.56 Å². The van der Waals surface area contributed by atoms with Crippen LogP contribution >= 0.6 is 15.9 Å². The summed E-state index contributed by atoms with van der Waals surface area (Å²) >= 11 is 3.18. The third-order valence-electron chi connectivity index (χ3n) is 1.61. The first kappa shape index (κ1) is 11.6. The van der Waals surface area contributed by atoms with E-state index in [2.05, 4.69) is 15.9 Å². The van der Waals surface area contributed by atoms with Gasteiger partial charge in [0.05, 0.1) is 6.10 Å². The molecule has 0 bridgehead atoms. The zero-order valence-corrected chi connectivity index (χ0v) is 9.42. The molecule has 1 unspecified atom stereocenters. The van der Waals surface area contributed by atoms with Crippen LogP contribution in [0.4, 0.5) is 3.89 Å². The van der Waals surface area contributed by atoms with Gasteiger partial charge in [0.15, 0.2) is 0 Å². The summed E-state index contributed by atoms with van der Waals surface area (Å²) in [5.41, 5.74) is 0.370. The van der Waals surface area contributed by atoms with Gasteiger partial charge >= 0.3 is 10.2 Å². The lowest BCUT2D eigenvalue weighted by Gasteiger charge is -2.07. The first-order valence-corrected chi connectivity index (χ1v) is 6.09. The largest absolute Gasteiger partial charge is 0.387 e. The molecule has 78 valence electrons. The number of benzene rings is 1. The summed E-state index contributed by atoms with van der Waals surface area (Å²) < 4.78 is 33.5. The Morgan fingerprint density at radius 3 is 2.29 bits per heavy atom. The second-order valence-electron chi connectivity index (χ2n) is 2.77. The molecule has 0 heterocycles. The Balaban J connectivity index is 2.80. The Morgan fingerprint density at radius 1 is 1.36 bits per heavy atom. The van der Waals surface area contributed by atoms with Crippen LogP contribution in [-0.4, -0.2) is 19.3 Å². The molecule has 14 heavy (non-hydrogen) atoms. The van der Waals surface area contributed by atoms with Crippen LogP contribution in [-0.2, 0) is 10.2 Å². The van der Waals surface area contributed by atoms with E-state index in [4.69, 9.17) is 0 Å². The molecule has 1 aromatic rings. The average molecular weight is 283 g/mol. The van der Waals surface area contributed by atoms with E-state index in [1.807, 2.05) is 0 Å². The fourth-order valence-electron chi connectivity index (χ4n) is 0.970. The first-order valence-electron chi connectivity index (χ1n) is 3.74. The van der Waals surface area contributed by atoms with Crippen LogP contribution in [0.25, 0.3) is 0 Å². The van der Waals surface area contributed by atoms with Gasteiger partial charge in [-0.05, 0) is 17.7 Å². The molecule has 1 N–H and O–H groups in total. The second kappa shape index (κ2) is 4.37. The SMILES string of the molecule is O=S(=O)(F)CC(O)c1ccc(Br)cc1. The van der Waals surface area contributed by atoms with Gasteiger partial charge in [-0.3, -0.25) is 0 Å². The Hall–Kier alpha value is -0.460. The van der Waals surface area contributed by atoms with Gasteiger partial charge in [-0.2, -0.15) is 8.42 Å². The van der Waals surface area contributed by atoms with Gasteiger partial charge in [-0.15, -0.1) is 3.89 Å². The molecule has 0 aliphatic carbocycles. The maximum Gasteiger partial charge on any atom is 0.305 e. The van der Waals surface area contributed by atoms with Crippen molar-refractivity contribution in [3.63, 3.8) is 0 Å². The van der Waals surface area contributed by atoms with Crippen molar-refractivity contribution >= 4 is 26.2 Å². The van der Waals surface area contributed by atoms with Crippen molar-refractivity contribution < 1.29 is 17.4 Å². The van der Waals surface area contributed by atoms with Crippen LogP contribution in [0, 0.1) is 0 Å². The van der Waals surface area contributed by atoms with Gasteiger partial charge in [0.25, 0.3) is 0 Å². The molecule has 6 heteroatoms. The molecule has 0 fully saturated rings. The summed E-state index contributed by atoms with van der Waals surface area (Å²) in [7, 11) is -4.64. The standard InChI is InChI=1S/C8H8BrFO3S/c9-7-3-1-6(2-4-7)8(11)5-14(10,12)13/h1-4,8,11H,5H2. The second-order valence-corrected chi connectivity index (χ2v) is 5.10. The summed E-state index contributed by atoms with van der Waals surface area (Å²) in [5.74, 6) is -0.908. The molecular formula is C8H8BrFO3S. The van der Waals surface area contributed by atoms with E-state index in [1.165, 1.54) is 12.1 Å². The van der Waals surface area contributed by atoms with Crippen molar-refractivity contribution in [2.45, 2.75) is 6.10 Å². The summed E-state index contributed by atoms with van der Waals surface area (Å²) in [6.45, 7) is 0. The highest BCUT2D eigenvalue weighted by molar-refractivity contribution is 9.10. The molecule has 0 aliphatic heterocycles. The zero-order valence-electron chi connectivity index (χ0n) is 7.02. The molecule has 0 amide bonds. The fraction of sp³-hybridized carbons (Fsp3) is 0.250. The fourth-order valence-corrected chi connectivity index (χ4v) is 1.80. The highest BCUT2D eigenvalue weighted by Crippen LogP contribution is 2.18. The Morgan fingerprint density at radius 2 is 1.86 bits per heavy atom. The smallest absolute Gasteiger partial charge is 0.305 e. The van der Waals surface area contributed by atoms with Crippen LogP contribution in [0.3, 0.4) is 0 Å². The van der Waals surface area contributed by atoms with Crippen molar-refractivity contribution in [1.29, 1.82) is 0 Å². The van der Waals surface area contributed by atoms with Gasteiger partial charge < -0.3 is 5.11 Å². The Labute approximate surface area is 89.9 Å². The van der Waals surface area contributed by atoms with E-state index in [9.17, 15) is 17.4 Å². The van der Waals surface area contributed by atoms with Gasteiger partial charge in [-0.1, -0.05) is 28.1 Å². The van der Waals surface area contributed by atoms with E-state index >= 15 is 0 Å². The molecule has 0 radical (unpaired) electrons. The highest BCUT2D eigenvalue weighted by Gasteiger charge is 2.17. The maximum atomic E-state index is 12.2. The van der Waals surface area contributed by atoms with Gasteiger partial charge in [0, 0.05) is 4.47 Å². The summed E-state index contributed by atoms with van der Waals surface area (Å²) in [6.07, 6.45) is -1.32. The van der Waals surface area contributed by atoms with E-state index in [-0.39, 0.29) is 0 Å². The minimum Gasteiger partial charge on any atom is -0.387 e. The lowest BCUT2D eigenvalue weighted by Crippen LogP contribution is -2.09. The number of aliphatic hydroxyl groups excluding tert-OH is 1. The summed E-state index contributed by atoms with van der Waals surface area (Å²) in [6, 6.07) is 6.34. The number of hydrogen-bond donors (Lipinski definition) is 1. The van der Waals surface area contributed by atoms with Crippen LogP contribution in [0.1, 0.15) is 11.7 Å². The van der Waals surface area contributed by atoms with E-state index < -0.39 is 22.1 Å². The zero-order chi connectivity index (χ0) is 10.8. The van der Waals surface area contributed by atoms with Crippen molar-refractivity contribution in [3.05, 3.63) is 34.3 Å². The van der Waals surface area contributed by atoms with Crippen molar-refractivity contribution in [1.82, 2.24) is 0 Å². The molecule has 1 atom stereocenters. The molecule has 0 aliphatic rings. The molecule has 1 aromatic carbocycles. The number of halogens is 2. The molecule has 0 aromatic heterocycles. The summed E-state index contributed by atoms with van der Waals surface area (Å²) in [4.78, 5) is 0. The lowest BCUT2D eigenvalue weighted by molar-refractivity contribution is 0.200. The summed E-state index contributed by atoms with van der Waals surface area (Å²) in [5, 5.41) is 9.31. The van der Waals surface area contributed by atoms with Gasteiger partial charge in [0.2, 0.25) is 0 Å². The molecule has 0 saturated heterocycles. The van der Waals surface area contributed by atoms with E-state index in [1.54, 1.807) is 12.1 Å². The quantitative estimate of drug-likeness (QED) is 0.860. The Bertz CT molecular complexity index is 401. The normalized spacial score (nSPS) is 13.9. The third kappa shape index (κ3) is 3.73. The number of hydrogen-bond acceptors (Lipinski definition) is 3. The molecule has 1 rings (SSSR count). The molecule has 3 nitrogen and oxygen atoms in total. The maximum absolute atomic E-state index is 12.2. The van der Waals surface area contributed by atoms with Crippen LogP contribution in [0.5, 0.6) is 0 Å². The third-order valence-corrected chi connectivity index (χ3v) is 2.85. The first-order chi connectivity index (χ1) is 6.38. The van der Waals surface area contributed by atoms with Crippen LogP contribution in [0.2, 0.25) is 0 Å². The monoisotopic (exact) mass is 282 g/mol. The van der Waals surface area contributed by atoms with Crippen molar-refractivity contribution in [2.24, 2.45) is 0 Å². The number of aliphatic hydroxyl groups is 1. The molecule has 0 saturated carbocycles. The molecular weight excluding hydrogens is 275 g/mol. The average Bonchev–Trinajstić information content (AvgIpc) is 2.02. The minimum absolute atomic E-state index is 0.370. The number of rotatable bonds is 3. The van der Waals surface area contributed by atoms with Crippen molar-refractivity contribution in [2.75, 3.05) is 5.75 Å². The highest BCUT2D eigenvalue weighted by atomic mass is 79.9. The lowest BCUT2D eigenvalue weighted by atomic mass is 10.1. The minimum atomic E-state index is -4.64. The van der Waals surface area contributed by atoms with Gasteiger partial charge in [-0.25, -0.2) is 0 Å². The molecule has 0 spiro atoms. The Kier molecular flexibility index (Phi) is 3.63. The predicted molar refractivity (Wildman–Crippen MR) is 54.0 cm³/mol. The van der Waals surface area contributed by atoms with Crippen LogP contribution < -0.4 is 0 Å². The van der Waals surface area contributed by atoms with Crippen LogP contribution in [0.15, 0.2) is 28.7 Å². The van der Waals surface area contributed by atoms with Crippen molar-refractivity contribution in [3.8, 4) is 0 Å².